The number of halogens is 2. The van der Waals surface area contributed by atoms with Gasteiger partial charge in [0.2, 0.25) is 0 Å². The fourth-order valence-corrected chi connectivity index (χ4v) is 7.31. The van der Waals surface area contributed by atoms with Crippen LogP contribution in [0, 0.1) is 17.8 Å². The molecule has 4 fully saturated rings. The highest BCUT2D eigenvalue weighted by molar-refractivity contribution is 9.11. The number of carbonyl (C=O) groups excluding carboxylic acids is 1. The maximum atomic E-state index is 12.5. The van der Waals surface area contributed by atoms with E-state index < -0.39 is 0 Å². The van der Waals surface area contributed by atoms with Crippen molar-refractivity contribution in [3.8, 4) is 5.75 Å². The molecule has 4 saturated carbocycles. The third kappa shape index (κ3) is 3.54. The highest BCUT2D eigenvalue weighted by atomic mass is 79.9. The first-order chi connectivity index (χ1) is 13.9. The summed E-state index contributed by atoms with van der Waals surface area (Å²) in [6.07, 6.45) is 9.22. The quantitative estimate of drug-likeness (QED) is 0.396. The number of benzene rings is 1. The second-order valence-corrected chi connectivity index (χ2v) is 10.7. The number of nitrogens with zero attached hydrogens (tertiary/aromatic N) is 2. The van der Waals surface area contributed by atoms with Crippen molar-refractivity contribution in [2.45, 2.75) is 43.9 Å². The van der Waals surface area contributed by atoms with Crippen molar-refractivity contribution >= 4 is 44.0 Å². The van der Waals surface area contributed by atoms with Gasteiger partial charge in [0, 0.05) is 21.1 Å². The Hall–Kier alpha value is -1.67. The summed E-state index contributed by atoms with van der Waals surface area (Å²) in [5, 5.41) is 21.5. The molecule has 1 amide bonds. The molecule has 4 aliphatic rings. The fraction of sp³-hybridized carbons (Fsp3) is 0.476. The largest absolute Gasteiger partial charge is 0.506 e. The Kier molecular flexibility index (Phi) is 4.81. The number of rotatable bonds is 4. The zero-order valence-corrected chi connectivity index (χ0v) is 19.0. The molecule has 3 N–H and O–H groups in total. The zero-order valence-electron chi connectivity index (χ0n) is 15.8. The van der Waals surface area contributed by atoms with Gasteiger partial charge in [0.25, 0.3) is 5.91 Å². The highest BCUT2D eigenvalue weighted by Crippen LogP contribution is 2.60. The molecular formula is C21H22Br2N4O2. The number of aromatic hydroxyl groups is 1. The summed E-state index contributed by atoms with van der Waals surface area (Å²) in [5.41, 5.74) is 4.64. The van der Waals surface area contributed by atoms with E-state index in [9.17, 15) is 9.90 Å². The average molecular weight is 522 g/mol. The molecule has 0 saturated heterocycles. The van der Waals surface area contributed by atoms with E-state index in [1.807, 2.05) is 6.07 Å². The summed E-state index contributed by atoms with van der Waals surface area (Å²) in [4.78, 5) is 12.5. The van der Waals surface area contributed by atoms with Crippen LogP contribution >= 0.6 is 31.9 Å². The van der Waals surface area contributed by atoms with E-state index in [0.29, 0.717) is 15.7 Å². The lowest BCUT2D eigenvalue weighted by molar-refractivity contribution is -0.00721. The lowest BCUT2D eigenvalue weighted by Gasteiger charge is -2.56. The predicted octanol–water partition coefficient (Wildman–Crippen LogP) is 4.87. The second-order valence-electron chi connectivity index (χ2n) is 8.89. The van der Waals surface area contributed by atoms with Gasteiger partial charge in [-0.1, -0.05) is 15.9 Å². The van der Waals surface area contributed by atoms with Gasteiger partial charge >= 0.3 is 0 Å². The monoisotopic (exact) mass is 520 g/mol. The number of nitrogens with one attached hydrogen (secondary N) is 2. The van der Waals surface area contributed by atoms with E-state index in [-0.39, 0.29) is 17.1 Å². The topological polar surface area (TPSA) is 90.4 Å². The van der Waals surface area contributed by atoms with Gasteiger partial charge in [-0.3, -0.25) is 9.89 Å². The molecule has 0 radical (unpaired) electrons. The Balaban J connectivity index is 1.29. The van der Waals surface area contributed by atoms with Crippen molar-refractivity contribution in [2.24, 2.45) is 22.9 Å². The van der Waals surface area contributed by atoms with Gasteiger partial charge in [-0.25, -0.2) is 5.43 Å². The lowest BCUT2D eigenvalue weighted by atomic mass is 9.49. The van der Waals surface area contributed by atoms with E-state index in [4.69, 9.17) is 0 Å². The van der Waals surface area contributed by atoms with Crippen LogP contribution in [0.5, 0.6) is 5.75 Å². The molecule has 2 aromatic rings. The smallest absolute Gasteiger partial charge is 0.291 e. The minimum Gasteiger partial charge on any atom is -0.506 e. The van der Waals surface area contributed by atoms with E-state index in [1.54, 1.807) is 12.1 Å². The second kappa shape index (κ2) is 7.23. The molecule has 6 rings (SSSR count). The maximum absolute atomic E-state index is 12.5. The first kappa shape index (κ1) is 19.3. The van der Waals surface area contributed by atoms with Gasteiger partial charge in [0.05, 0.1) is 10.7 Å². The molecular weight excluding hydrogens is 500 g/mol. The number of hydrogen-bond acceptors (Lipinski definition) is 4. The minimum atomic E-state index is -0.359. The molecule has 0 spiro atoms. The third-order valence-electron chi connectivity index (χ3n) is 6.85. The number of hydrogen-bond donors (Lipinski definition) is 3. The van der Waals surface area contributed by atoms with Crippen molar-refractivity contribution in [3.05, 3.63) is 44.1 Å². The number of H-pyrrole nitrogens is 1. The summed E-state index contributed by atoms with van der Waals surface area (Å²) in [6, 6.07) is 5.36. The molecule has 0 aliphatic heterocycles. The van der Waals surface area contributed by atoms with Crippen LogP contribution in [0.15, 0.2) is 32.2 Å². The Morgan fingerprint density at radius 3 is 2.48 bits per heavy atom. The molecule has 6 nitrogen and oxygen atoms in total. The number of phenols is 1. The first-order valence-electron chi connectivity index (χ1n) is 9.99. The Bertz CT molecular complexity index is 965. The van der Waals surface area contributed by atoms with Crippen LogP contribution in [0.4, 0.5) is 0 Å². The summed E-state index contributed by atoms with van der Waals surface area (Å²) in [7, 11) is 0. The van der Waals surface area contributed by atoms with Crippen molar-refractivity contribution in [2.75, 3.05) is 0 Å². The summed E-state index contributed by atoms with van der Waals surface area (Å²) in [5.74, 6) is 2.22. The summed E-state index contributed by atoms with van der Waals surface area (Å²) in [6.45, 7) is 0. The molecule has 152 valence electrons. The van der Waals surface area contributed by atoms with Gasteiger partial charge in [0.15, 0.2) is 5.69 Å². The standard InChI is InChI=1S/C21H22Br2N4O2/c22-15-4-14(19(28)16(23)5-15)10-24-27-20(29)17-6-18(26-25-17)21-7-11-1-12(8-21)3-13(2-11)9-21/h4-6,10-13,28H,1-3,7-9H2,(H,25,26)(H,27,29). The molecule has 8 heteroatoms. The van der Waals surface area contributed by atoms with E-state index in [1.165, 1.54) is 44.7 Å². The summed E-state index contributed by atoms with van der Waals surface area (Å²) < 4.78 is 1.34. The number of aromatic nitrogens is 2. The molecule has 29 heavy (non-hydrogen) atoms. The van der Waals surface area contributed by atoms with Crippen molar-refractivity contribution < 1.29 is 9.90 Å². The number of aromatic amines is 1. The Labute approximate surface area is 185 Å². The van der Waals surface area contributed by atoms with Crippen LogP contribution in [-0.2, 0) is 5.41 Å². The van der Waals surface area contributed by atoms with E-state index in [0.717, 1.165) is 27.9 Å². The van der Waals surface area contributed by atoms with Crippen LogP contribution in [0.1, 0.15) is 60.3 Å². The Morgan fingerprint density at radius 2 is 1.83 bits per heavy atom. The molecule has 1 heterocycles. The lowest BCUT2D eigenvalue weighted by Crippen LogP contribution is -2.48. The third-order valence-corrected chi connectivity index (χ3v) is 7.91. The number of hydrazone groups is 1. The summed E-state index contributed by atoms with van der Waals surface area (Å²) >= 11 is 6.65. The van der Waals surface area contributed by atoms with Crippen LogP contribution in [-0.4, -0.2) is 27.4 Å². The van der Waals surface area contributed by atoms with Gasteiger partial charge in [-0.2, -0.15) is 10.2 Å². The molecule has 0 atom stereocenters. The minimum absolute atomic E-state index is 0.0649. The average Bonchev–Trinajstić information content (AvgIpc) is 3.15. The van der Waals surface area contributed by atoms with Crippen LogP contribution in [0.3, 0.4) is 0 Å². The SMILES string of the molecule is O=C(NN=Cc1cc(Br)cc(Br)c1O)c1cc(C23CC4CC(CC(C4)C2)C3)[nH]n1. The molecule has 0 unspecified atom stereocenters. The van der Waals surface area contributed by atoms with Crippen LogP contribution in [0.25, 0.3) is 0 Å². The zero-order chi connectivity index (χ0) is 20.2. The number of phenolic OH excluding ortho intramolecular Hbond substituents is 1. The van der Waals surface area contributed by atoms with Crippen LogP contribution < -0.4 is 5.43 Å². The van der Waals surface area contributed by atoms with E-state index >= 15 is 0 Å². The van der Waals surface area contributed by atoms with Gasteiger partial charge in [0.1, 0.15) is 5.75 Å². The number of carbonyl (C=O) groups is 1. The van der Waals surface area contributed by atoms with Gasteiger partial charge in [-0.15, -0.1) is 0 Å². The van der Waals surface area contributed by atoms with Crippen molar-refractivity contribution in [1.29, 1.82) is 0 Å². The first-order valence-corrected chi connectivity index (χ1v) is 11.6. The molecule has 1 aromatic heterocycles. The fourth-order valence-electron chi connectivity index (χ4n) is 6.05. The van der Waals surface area contributed by atoms with E-state index in [2.05, 4.69) is 52.6 Å². The van der Waals surface area contributed by atoms with Gasteiger partial charge < -0.3 is 5.11 Å². The Morgan fingerprint density at radius 1 is 1.17 bits per heavy atom. The normalized spacial score (nSPS) is 30.2. The van der Waals surface area contributed by atoms with Crippen LogP contribution in [0.2, 0.25) is 0 Å². The molecule has 1 aromatic carbocycles. The highest BCUT2D eigenvalue weighted by Gasteiger charge is 2.52. The number of amides is 1. The van der Waals surface area contributed by atoms with Crippen molar-refractivity contribution in [1.82, 2.24) is 15.6 Å². The maximum Gasteiger partial charge on any atom is 0.291 e. The van der Waals surface area contributed by atoms with Crippen molar-refractivity contribution in [3.63, 3.8) is 0 Å². The molecule has 4 bridgehead atoms. The molecule has 4 aliphatic carbocycles. The van der Waals surface area contributed by atoms with Gasteiger partial charge in [-0.05, 0) is 90.4 Å². The predicted molar refractivity (Wildman–Crippen MR) is 117 cm³/mol.